The van der Waals surface area contributed by atoms with Crippen LogP contribution in [0.3, 0.4) is 0 Å². The second-order valence-corrected chi connectivity index (χ2v) is 7.38. The van der Waals surface area contributed by atoms with E-state index in [9.17, 15) is 9.65 Å². The van der Waals surface area contributed by atoms with Crippen LogP contribution in [0.5, 0.6) is 0 Å². The fourth-order valence-electron chi connectivity index (χ4n) is 3.75. The topological polar surface area (TPSA) is 92.0 Å². The summed E-state index contributed by atoms with van der Waals surface area (Å²) < 4.78 is 24.6. The smallest absolute Gasteiger partial charge is 0.235 e. The van der Waals surface area contributed by atoms with E-state index in [1.165, 1.54) is 12.1 Å². The zero-order chi connectivity index (χ0) is 21.2. The predicted octanol–water partition coefficient (Wildman–Crippen LogP) is 4.79. The van der Waals surface area contributed by atoms with Crippen LogP contribution in [0.4, 0.5) is 10.3 Å². The van der Waals surface area contributed by atoms with Gasteiger partial charge < -0.3 is 13.8 Å². The molecule has 1 saturated heterocycles. The third kappa shape index (κ3) is 3.78. The minimum Gasteiger partial charge on any atom is -0.419 e. The van der Waals surface area contributed by atoms with E-state index in [1.54, 1.807) is 12.1 Å². The van der Waals surface area contributed by atoms with Gasteiger partial charge in [-0.2, -0.15) is 15.2 Å². The Labute approximate surface area is 177 Å². The molecule has 0 spiro atoms. The second kappa shape index (κ2) is 8.03. The van der Waals surface area contributed by atoms with Crippen LogP contribution in [0.15, 0.2) is 63.5 Å². The Morgan fingerprint density at radius 1 is 0.968 bits per heavy atom. The Hall–Kier alpha value is -3.99. The molecule has 0 bridgehead atoms. The van der Waals surface area contributed by atoms with Crippen molar-refractivity contribution < 1.29 is 13.3 Å². The molecule has 154 valence electrons. The van der Waals surface area contributed by atoms with Gasteiger partial charge in [-0.05, 0) is 37.1 Å². The number of aromatic nitrogens is 3. The van der Waals surface area contributed by atoms with Crippen LogP contribution in [-0.4, -0.2) is 28.2 Å². The first-order valence-corrected chi connectivity index (χ1v) is 10.0. The number of oxazole rings is 1. The van der Waals surface area contributed by atoms with Crippen molar-refractivity contribution in [3.05, 3.63) is 72.0 Å². The number of nitriles is 1. The van der Waals surface area contributed by atoms with E-state index in [1.807, 2.05) is 35.2 Å². The van der Waals surface area contributed by atoms with Crippen LogP contribution >= 0.6 is 0 Å². The number of hydrogen-bond acceptors (Lipinski definition) is 7. The molecule has 0 N–H and O–H groups in total. The van der Waals surface area contributed by atoms with Gasteiger partial charge in [-0.15, -0.1) is 0 Å². The minimum absolute atomic E-state index is 0.145. The van der Waals surface area contributed by atoms with Gasteiger partial charge in [0.2, 0.25) is 29.2 Å². The molecule has 0 amide bonds. The van der Waals surface area contributed by atoms with Crippen molar-refractivity contribution in [2.75, 3.05) is 18.0 Å². The first kappa shape index (κ1) is 19.0. The first-order chi connectivity index (χ1) is 15.2. The van der Waals surface area contributed by atoms with Crippen LogP contribution < -0.4 is 4.90 Å². The van der Waals surface area contributed by atoms with Crippen molar-refractivity contribution >= 4 is 5.88 Å². The number of anilines is 1. The number of halogens is 1. The highest BCUT2D eigenvalue weighted by molar-refractivity contribution is 5.59. The lowest BCUT2D eigenvalue weighted by molar-refractivity contribution is 0.327. The fraction of sp³-hybridized carbons (Fsp3) is 0.217. The lowest BCUT2D eigenvalue weighted by atomic mass is 9.97. The van der Waals surface area contributed by atoms with Crippen LogP contribution in [0.2, 0.25) is 0 Å². The van der Waals surface area contributed by atoms with E-state index in [0.717, 1.165) is 18.4 Å². The van der Waals surface area contributed by atoms with E-state index >= 15 is 0 Å². The molecule has 2 aromatic carbocycles. The highest BCUT2D eigenvalue weighted by Gasteiger charge is 2.29. The lowest BCUT2D eigenvalue weighted by Crippen LogP contribution is -2.33. The standard InChI is InChI=1S/C23H18FN5O2/c24-18-8-6-16(7-9-18)21-26-19(14-25)23(30-21)29-12-10-17(11-13-29)22-27-20(28-31-22)15-4-2-1-3-5-15/h1-9,17H,10-13H2. The van der Waals surface area contributed by atoms with Crippen molar-refractivity contribution in [1.82, 2.24) is 15.1 Å². The maximum absolute atomic E-state index is 13.2. The highest BCUT2D eigenvalue weighted by atomic mass is 19.1. The molecule has 1 aliphatic heterocycles. The normalized spacial score (nSPS) is 14.5. The molecule has 7 nitrogen and oxygen atoms in total. The molecule has 1 aliphatic rings. The summed E-state index contributed by atoms with van der Waals surface area (Å²) in [5.74, 6) is 1.77. The van der Waals surface area contributed by atoms with Crippen molar-refractivity contribution in [3.63, 3.8) is 0 Å². The van der Waals surface area contributed by atoms with Gasteiger partial charge in [-0.3, -0.25) is 0 Å². The van der Waals surface area contributed by atoms with Gasteiger partial charge in [0, 0.05) is 30.1 Å². The average Bonchev–Trinajstić information content (AvgIpc) is 3.48. The van der Waals surface area contributed by atoms with Gasteiger partial charge in [0.25, 0.3) is 0 Å². The Morgan fingerprint density at radius 2 is 1.71 bits per heavy atom. The molecule has 0 atom stereocenters. The van der Waals surface area contributed by atoms with Gasteiger partial charge in [0.1, 0.15) is 11.9 Å². The third-order valence-corrected chi connectivity index (χ3v) is 5.41. The molecule has 3 heterocycles. The summed E-state index contributed by atoms with van der Waals surface area (Å²) in [6.45, 7) is 1.33. The van der Waals surface area contributed by atoms with Gasteiger partial charge in [-0.1, -0.05) is 35.5 Å². The SMILES string of the molecule is N#Cc1nc(-c2ccc(F)cc2)oc1N1CCC(c2nc(-c3ccccc3)no2)CC1. The van der Waals surface area contributed by atoms with E-state index in [-0.39, 0.29) is 17.4 Å². The summed E-state index contributed by atoms with van der Waals surface area (Å²) in [5.41, 5.74) is 1.77. The second-order valence-electron chi connectivity index (χ2n) is 7.38. The molecule has 1 fully saturated rings. The maximum Gasteiger partial charge on any atom is 0.235 e. The van der Waals surface area contributed by atoms with Crippen LogP contribution in [0.1, 0.15) is 30.3 Å². The number of piperidine rings is 1. The molecule has 0 saturated carbocycles. The lowest BCUT2D eigenvalue weighted by Gasteiger charge is -2.29. The molecular formula is C23H18FN5O2. The van der Waals surface area contributed by atoms with Gasteiger partial charge >= 0.3 is 0 Å². The van der Waals surface area contributed by atoms with Crippen LogP contribution in [0.25, 0.3) is 22.8 Å². The molecule has 31 heavy (non-hydrogen) atoms. The van der Waals surface area contributed by atoms with Crippen molar-refractivity contribution in [2.45, 2.75) is 18.8 Å². The average molecular weight is 415 g/mol. The number of nitrogens with zero attached hydrogens (tertiary/aromatic N) is 5. The predicted molar refractivity (Wildman–Crippen MR) is 111 cm³/mol. The van der Waals surface area contributed by atoms with Gasteiger partial charge in [-0.25, -0.2) is 4.39 Å². The molecule has 2 aromatic heterocycles. The molecule has 8 heteroatoms. The summed E-state index contributed by atoms with van der Waals surface area (Å²) in [4.78, 5) is 10.9. The zero-order valence-electron chi connectivity index (χ0n) is 16.5. The Balaban J connectivity index is 1.30. The molecular weight excluding hydrogens is 397 g/mol. The summed E-state index contributed by atoms with van der Waals surface area (Å²) in [6.07, 6.45) is 1.57. The largest absolute Gasteiger partial charge is 0.419 e. The minimum atomic E-state index is -0.338. The van der Waals surface area contributed by atoms with E-state index in [2.05, 4.69) is 21.2 Å². The monoisotopic (exact) mass is 415 g/mol. The van der Waals surface area contributed by atoms with Gasteiger partial charge in [0.15, 0.2) is 0 Å². The Kier molecular flexibility index (Phi) is 4.92. The number of benzene rings is 2. The maximum atomic E-state index is 13.2. The summed E-state index contributed by atoms with van der Waals surface area (Å²) in [7, 11) is 0. The number of rotatable bonds is 4. The Bertz CT molecular complexity index is 1220. The van der Waals surface area contributed by atoms with Crippen molar-refractivity contribution in [1.29, 1.82) is 5.26 Å². The van der Waals surface area contributed by atoms with Crippen LogP contribution in [0, 0.1) is 17.1 Å². The van der Waals surface area contributed by atoms with E-state index in [4.69, 9.17) is 8.94 Å². The van der Waals surface area contributed by atoms with Crippen molar-refractivity contribution in [3.8, 4) is 28.9 Å². The molecule has 0 unspecified atom stereocenters. The highest BCUT2D eigenvalue weighted by Crippen LogP contribution is 2.34. The fourth-order valence-corrected chi connectivity index (χ4v) is 3.75. The molecule has 0 aliphatic carbocycles. The molecule has 5 rings (SSSR count). The zero-order valence-corrected chi connectivity index (χ0v) is 16.5. The van der Waals surface area contributed by atoms with E-state index < -0.39 is 0 Å². The first-order valence-electron chi connectivity index (χ1n) is 10.0. The Morgan fingerprint density at radius 3 is 2.42 bits per heavy atom. The quantitative estimate of drug-likeness (QED) is 0.473. The summed E-state index contributed by atoms with van der Waals surface area (Å²) >= 11 is 0. The number of hydrogen-bond donors (Lipinski definition) is 0. The summed E-state index contributed by atoms with van der Waals surface area (Å²) in [5, 5.41) is 13.6. The van der Waals surface area contributed by atoms with Crippen molar-refractivity contribution in [2.24, 2.45) is 0 Å². The summed E-state index contributed by atoms with van der Waals surface area (Å²) in [6, 6.07) is 17.7. The molecule has 0 radical (unpaired) electrons. The van der Waals surface area contributed by atoms with Gasteiger partial charge in [0.05, 0.1) is 0 Å². The molecule has 4 aromatic rings. The third-order valence-electron chi connectivity index (χ3n) is 5.41. The van der Waals surface area contributed by atoms with Crippen LogP contribution in [-0.2, 0) is 0 Å². The van der Waals surface area contributed by atoms with E-state index in [0.29, 0.717) is 42.1 Å².